The molecular formula is C15H19N3O3. The third-order valence-electron chi connectivity index (χ3n) is 3.37. The first-order valence-corrected chi connectivity index (χ1v) is 6.71. The third-order valence-corrected chi connectivity index (χ3v) is 3.37. The zero-order valence-corrected chi connectivity index (χ0v) is 12.1. The van der Waals surface area contributed by atoms with Crippen molar-refractivity contribution in [1.82, 2.24) is 10.3 Å². The first-order chi connectivity index (χ1) is 10.0. The van der Waals surface area contributed by atoms with Gasteiger partial charge in [-0.15, -0.1) is 0 Å². The summed E-state index contributed by atoms with van der Waals surface area (Å²) in [6, 6.07) is 6.37. The number of rotatable bonds is 5. The van der Waals surface area contributed by atoms with Crippen LogP contribution in [0.3, 0.4) is 0 Å². The van der Waals surface area contributed by atoms with Gasteiger partial charge in [0, 0.05) is 17.1 Å². The van der Waals surface area contributed by atoms with E-state index in [1.54, 1.807) is 6.92 Å². The van der Waals surface area contributed by atoms with Gasteiger partial charge >= 0.3 is 5.97 Å². The maximum absolute atomic E-state index is 12.0. The van der Waals surface area contributed by atoms with Crippen LogP contribution in [0.5, 0.6) is 0 Å². The summed E-state index contributed by atoms with van der Waals surface area (Å²) >= 11 is 0. The van der Waals surface area contributed by atoms with Gasteiger partial charge in [0.25, 0.3) is 0 Å². The number of para-hydroxylation sites is 1. The van der Waals surface area contributed by atoms with E-state index in [1.807, 2.05) is 30.5 Å². The van der Waals surface area contributed by atoms with Crippen LogP contribution in [-0.4, -0.2) is 36.1 Å². The molecule has 21 heavy (non-hydrogen) atoms. The number of fused-ring (bicyclic) bond motifs is 1. The molecule has 0 aliphatic carbocycles. The highest BCUT2D eigenvalue weighted by atomic mass is 16.5. The number of nitrogens with two attached hydrogens (primary N) is 1. The minimum absolute atomic E-state index is 0.377. The third kappa shape index (κ3) is 3.41. The van der Waals surface area contributed by atoms with E-state index in [4.69, 9.17) is 5.73 Å². The summed E-state index contributed by atoms with van der Waals surface area (Å²) in [7, 11) is 1.27. The highest BCUT2D eigenvalue weighted by Gasteiger charge is 2.21. The van der Waals surface area contributed by atoms with Gasteiger partial charge in [-0.2, -0.15) is 0 Å². The Morgan fingerprint density at radius 2 is 2.10 bits per heavy atom. The molecule has 6 nitrogen and oxygen atoms in total. The summed E-state index contributed by atoms with van der Waals surface area (Å²) in [5, 5.41) is 3.59. The zero-order valence-electron chi connectivity index (χ0n) is 12.1. The predicted octanol–water partition coefficient (Wildman–Crippen LogP) is 0.715. The Morgan fingerprint density at radius 3 is 2.81 bits per heavy atom. The second-order valence-electron chi connectivity index (χ2n) is 4.92. The number of hydrogen-bond acceptors (Lipinski definition) is 4. The summed E-state index contributed by atoms with van der Waals surface area (Å²) in [4.78, 5) is 26.4. The van der Waals surface area contributed by atoms with Gasteiger partial charge in [0.15, 0.2) is 0 Å². The molecule has 0 fully saturated rings. The van der Waals surface area contributed by atoms with Gasteiger partial charge < -0.3 is 20.8 Å². The minimum Gasteiger partial charge on any atom is -0.467 e. The average Bonchev–Trinajstić information content (AvgIpc) is 2.89. The maximum atomic E-state index is 12.0. The van der Waals surface area contributed by atoms with Crippen molar-refractivity contribution in [2.45, 2.75) is 25.4 Å². The lowest BCUT2D eigenvalue weighted by molar-refractivity contribution is -0.144. The molecule has 1 unspecified atom stereocenters. The molecule has 6 heteroatoms. The monoisotopic (exact) mass is 289 g/mol. The largest absolute Gasteiger partial charge is 0.467 e. The number of aromatic amines is 1. The summed E-state index contributed by atoms with van der Waals surface area (Å²) in [6.45, 7) is 1.56. The van der Waals surface area contributed by atoms with Crippen molar-refractivity contribution >= 4 is 22.8 Å². The van der Waals surface area contributed by atoms with E-state index in [-0.39, 0.29) is 5.91 Å². The van der Waals surface area contributed by atoms with Gasteiger partial charge in [0.2, 0.25) is 5.91 Å². The molecule has 0 saturated carbocycles. The molecule has 1 aromatic heterocycles. The fourth-order valence-corrected chi connectivity index (χ4v) is 2.19. The topological polar surface area (TPSA) is 97.2 Å². The Kier molecular flexibility index (Phi) is 4.59. The Balaban J connectivity index is 2.02. The van der Waals surface area contributed by atoms with Gasteiger partial charge in [-0.05, 0) is 25.0 Å². The molecule has 2 rings (SSSR count). The van der Waals surface area contributed by atoms with Crippen LogP contribution in [0.2, 0.25) is 0 Å². The molecule has 112 valence electrons. The zero-order chi connectivity index (χ0) is 15.4. The Hall–Kier alpha value is -2.34. The Labute approximate surface area is 122 Å². The summed E-state index contributed by atoms with van der Waals surface area (Å²) in [5.41, 5.74) is 7.89. The first-order valence-electron chi connectivity index (χ1n) is 6.71. The second-order valence-corrected chi connectivity index (χ2v) is 4.92. The van der Waals surface area contributed by atoms with E-state index in [0.29, 0.717) is 6.42 Å². The summed E-state index contributed by atoms with van der Waals surface area (Å²) < 4.78 is 4.56. The standard InChI is InChI=1S/C15H19N3O3/c1-9(15(20)21-2)18-14(19)12(16)7-10-8-17-13-6-4-3-5-11(10)13/h3-6,8-9,12,17H,7,16H2,1-2H3,(H,18,19)/t9?,12-/m0/s1. The average molecular weight is 289 g/mol. The summed E-state index contributed by atoms with van der Waals surface area (Å²) in [5.74, 6) is -0.874. The van der Waals surface area contributed by atoms with Gasteiger partial charge in [-0.25, -0.2) is 4.79 Å². The molecular weight excluding hydrogens is 270 g/mol. The number of ether oxygens (including phenoxy) is 1. The van der Waals surface area contributed by atoms with E-state index in [1.165, 1.54) is 7.11 Å². The molecule has 1 amide bonds. The second kappa shape index (κ2) is 6.41. The number of esters is 1. The van der Waals surface area contributed by atoms with Crippen LogP contribution in [0.25, 0.3) is 10.9 Å². The van der Waals surface area contributed by atoms with Crippen LogP contribution < -0.4 is 11.1 Å². The molecule has 2 atom stereocenters. The number of hydrogen-bond donors (Lipinski definition) is 3. The smallest absolute Gasteiger partial charge is 0.328 e. The van der Waals surface area contributed by atoms with Crippen molar-refractivity contribution in [1.29, 1.82) is 0 Å². The molecule has 1 heterocycles. The van der Waals surface area contributed by atoms with Gasteiger partial charge in [0.1, 0.15) is 6.04 Å². The number of H-pyrrole nitrogens is 1. The van der Waals surface area contributed by atoms with Crippen LogP contribution in [-0.2, 0) is 20.7 Å². The van der Waals surface area contributed by atoms with Crippen LogP contribution in [0.4, 0.5) is 0 Å². The highest BCUT2D eigenvalue weighted by molar-refractivity contribution is 5.88. The lowest BCUT2D eigenvalue weighted by Crippen LogP contribution is -2.48. The van der Waals surface area contributed by atoms with Gasteiger partial charge in [-0.1, -0.05) is 18.2 Å². The van der Waals surface area contributed by atoms with E-state index in [9.17, 15) is 9.59 Å². The summed E-state index contributed by atoms with van der Waals surface area (Å²) in [6.07, 6.45) is 2.24. The molecule has 0 saturated heterocycles. The lowest BCUT2D eigenvalue weighted by Gasteiger charge is -2.15. The number of carbonyl (C=O) groups excluding carboxylic acids is 2. The van der Waals surface area contributed by atoms with Gasteiger partial charge in [0.05, 0.1) is 13.2 Å². The number of carbonyl (C=O) groups is 2. The van der Waals surface area contributed by atoms with Crippen LogP contribution >= 0.6 is 0 Å². The lowest BCUT2D eigenvalue weighted by atomic mass is 10.0. The van der Waals surface area contributed by atoms with E-state index in [0.717, 1.165) is 16.5 Å². The van der Waals surface area contributed by atoms with Gasteiger partial charge in [-0.3, -0.25) is 4.79 Å². The molecule has 1 aromatic carbocycles. The van der Waals surface area contributed by atoms with Crippen LogP contribution in [0.1, 0.15) is 12.5 Å². The fourth-order valence-electron chi connectivity index (χ4n) is 2.19. The van der Waals surface area contributed by atoms with Crippen molar-refractivity contribution in [3.05, 3.63) is 36.0 Å². The van der Waals surface area contributed by atoms with Crippen molar-refractivity contribution in [2.75, 3.05) is 7.11 Å². The first kappa shape index (κ1) is 15.1. The molecule has 4 N–H and O–H groups in total. The molecule has 0 aliphatic rings. The van der Waals surface area contributed by atoms with E-state index >= 15 is 0 Å². The van der Waals surface area contributed by atoms with Crippen molar-refractivity contribution in [3.8, 4) is 0 Å². The Morgan fingerprint density at radius 1 is 1.38 bits per heavy atom. The van der Waals surface area contributed by atoms with Crippen LogP contribution in [0, 0.1) is 0 Å². The molecule has 0 radical (unpaired) electrons. The highest BCUT2D eigenvalue weighted by Crippen LogP contribution is 2.18. The number of aromatic nitrogens is 1. The van der Waals surface area contributed by atoms with E-state index < -0.39 is 18.1 Å². The SMILES string of the molecule is COC(=O)C(C)NC(=O)[C@@H](N)Cc1c[nH]c2ccccc12. The number of methoxy groups -OCH3 is 1. The molecule has 2 aromatic rings. The maximum Gasteiger partial charge on any atom is 0.328 e. The molecule has 0 spiro atoms. The Bertz CT molecular complexity index is 650. The van der Waals surface area contributed by atoms with Crippen molar-refractivity contribution in [2.24, 2.45) is 5.73 Å². The van der Waals surface area contributed by atoms with Crippen molar-refractivity contribution < 1.29 is 14.3 Å². The minimum atomic E-state index is -0.726. The number of benzene rings is 1. The normalized spacial score (nSPS) is 13.7. The fraction of sp³-hybridized carbons (Fsp3) is 0.333. The quantitative estimate of drug-likeness (QED) is 0.706. The van der Waals surface area contributed by atoms with Crippen molar-refractivity contribution in [3.63, 3.8) is 0 Å². The predicted molar refractivity (Wildman–Crippen MR) is 79.6 cm³/mol. The number of nitrogens with one attached hydrogen (secondary N) is 2. The van der Waals surface area contributed by atoms with Crippen LogP contribution in [0.15, 0.2) is 30.5 Å². The van der Waals surface area contributed by atoms with E-state index in [2.05, 4.69) is 15.0 Å². The number of amides is 1. The molecule has 0 aliphatic heterocycles. The molecule has 0 bridgehead atoms.